The van der Waals surface area contributed by atoms with Gasteiger partial charge in [0.15, 0.2) is 0 Å². The molecule has 118 valence electrons. The van der Waals surface area contributed by atoms with Crippen LogP contribution >= 0.6 is 0 Å². The van der Waals surface area contributed by atoms with E-state index in [2.05, 4.69) is 4.72 Å². The number of sulfonamides is 1. The van der Waals surface area contributed by atoms with Crippen LogP contribution in [0.2, 0.25) is 0 Å². The minimum absolute atomic E-state index is 0.0347. The summed E-state index contributed by atoms with van der Waals surface area (Å²) in [6.45, 7) is 1.84. The maximum Gasteiger partial charge on any atom is 0.240 e. The topological polar surface area (TPSA) is 55.4 Å². The van der Waals surface area contributed by atoms with Crippen molar-refractivity contribution in [2.24, 2.45) is 0 Å². The van der Waals surface area contributed by atoms with Gasteiger partial charge in [0, 0.05) is 6.54 Å². The van der Waals surface area contributed by atoms with Crippen LogP contribution < -0.4 is 9.46 Å². The van der Waals surface area contributed by atoms with Crippen molar-refractivity contribution in [3.05, 3.63) is 59.4 Å². The van der Waals surface area contributed by atoms with Crippen LogP contribution in [0.3, 0.4) is 0 Å². The second-order valence-corrected chi connectivity index (χ2v) is 6.60. The van der Waals surface area contributed by atoms with Crippen molar-refractivity contribution in [3.63, 3.8) is 0 Å². The molecule has 2 aromatic rings. The lowest BCUT2D eigenvalue weighted by Gasteiger charge is -2.11. The number of benzene rings is 2. The molecule has 1 N–H and O–H groups in total. The zero-order valence-corrected chi connectivity index (χ0v) is 13.3. The third kappa shape index (κ3) is 3.84. The zero-order chi connectivity index (χ0) is 16.2. The van der Waals surface area contributed by atoms with E-state index in [1.165, 1.54) is 12.1 Å². The third-order valence-corrected chi connectivity index (χ3v) is 4.92. The van der Waals surface area contributed by atoms with Gasteiger partial charge in [-0.2, -0.15) is 0 Å². The van der Waals surface area contributed by atoms with Gasteiger partial charge < -0.3 is 4.74 Å². The predicted molar refractivity (Wildman–Crippen MR) is 83.0 cm³/mol. The van der Waals surface area contributed by atoms with Crippen LogP contribution in [-0.4, -0.2) is 22.1 Å². The first-order chi connectivity index (χ1) is 10.4. The predicted octanol–water partition coefficient (Wildman–Crippen LogP) is 2.66. The zero-order valence-electron chi connectivity index (χ0n) is 12.5. The molecule has 2 rings (SSSR count). The fourth-order valence-corrected chi connectivity index (χ4v) is 3.46. The minimum atomic E-state index is -3.73. The van der Waals surface area contributed by atoms with E-state index in [9.17, 15) is 12.8 Å². The number of nitrogens with one attached hydrogen (secondary N) is 1. The lowest BCUT2D eigenvalue weighted by molar-refractivity contribution is 0.409. The van der Waals surface area contributed by atoms with E-state index in [1.54, 1.807) is 14.0 Å². The Kier molecular flexibility index (Phi) is 5.15. The second kappa shape index (κ2) is 6.89. The number of hydrogen-bond acceptors (Lipinski definition) is 3. The quantitative estimate of drug-likeness (QED) is 0.889. The summed E-state index contributed by atoms with van der Waals surface area (Å²) >= 11 is 0. The van der Waals surface area contributed by atoms with Gasteiger partial charge in [0.25, 0.3) is 0 Å². The summed E-state index contributed by atoms with van der Waals surface area (Å²) in [5.41, 5.74) is 1.41. The molecule has 0 bridgehead atoms. The van der Waals surface area contributed by atoms with Gasteiger partial charge in [0.05, 0.1) is 12.0 Å². The van der Waals surface area contributed by atoms with Gasteiger partial charge in [-0.3, -0.25) is 0 Å². The van der Waals surface area contributed by atoms with E-state index >= 15 is 0 Å². The van der Waals surface area contributed by atoms with E-state index in [-0.39, 0.29) is 11.4 Å². The van der Waals surface area contributed by atoms with Crippen LogP contribution in [0.5, 0.6) is 5.75 Å². The van der Waals surface area contributed by atoms with Gasteiger partial charge in [0.1, 0.15) is 11.6 Å². The van der Waals surface area contributed by atoms with E-state index in [1.807, 2.05) is 24.3 Å². The van der Waals surface area contributed by atoms with Crippen LogP contribution in [-0.2, 0) is 16.4 Å². The lowest BCUT2D eigenvalue weighted by atomic mass is 10.1. The van der Waals surface area contributed by atoms with E-state index in [4.69, 9.17) is 4.74 Å². The first-order valence-electron chi connectivity index (χ1n) is 6.82. The number of ether oxygens (including phenoxy) is 1. The summed E-state index contributed by atoms with van der Waals surface area (Å²) in [6, 6.07) is 11.1. The lowest BCUT2D eigenvalue weighted by Crippen LogP contribution is -2.26. The van der Waals surface area contributed by atoms with E-state index in [0.717, 1.165) is 11.6 Å². The molecule has 22 heavy (non-hydrogen) atoms. The van der Waals surface area contributed by atoms with Gasteiger partial charge in [-0.05, 0) is 42.7 Å². The molecule has 0 aliphatic rings. The standard InChI is InChI=1S/C16H18FNO3S/c1-12-7-8-14(17)11-16(12)22(19,20)18-10-9-13-5-3-4-6-15(13)21-2/h3-8,11,18H,9-10H2,1-2H3. The summed E-state index contributed by atoms with van der Waals surface area (Å²) in [6.07, 6.45) is 0.484. The van der Waals surface area contributed by atoms with Crippen LogP contribution in [0, 0.1) is 12.7 Å². The van der Waals surface area contributed by atoms with Crippen LogP contribution in [0.25, 0.3) is 0 Å². The Morgan fingerprint density at radius 3 is 2.64 bits per heavy atom. The van der Waals surface area contributed by atoms with Gasteiger partial charge in [-0.15, -0.1) is 0 Å². The largest absolute Gasteiger partial charge is 0.496 e. The highest BCUT2D eigenvalue weighted by molar-refractivity contribution is 7.89. The van der Waals surface area contributed by atoms with Crippen molar-refractivity contribution in [2.75, 3.05) is 13.7 Å². The molecular weight excluding hydrogens is 305 g/mol. The molecule has 0 aliphatic carbocycles. The number of halogens is 1. The third-order valence-electron chi connectivity index (χ3n) is 3.32. The second-order valence-electron chi connectivity index (χ2n) is 4.87. The molecule has 0 saturated heterocycles. The molecule has 0 spiro atoms. The fourth-order valence-electron chi connectivity index (χ4n) is 2.17. The average molecular weight is 323 g/mol. The molecule has 0 aliphatic heterocycles. The molecular formula is C16H18FNO3S. The summed E-state index contributed by atoms with van der Waals surface area (Å²) < 4.78 is 45.5. The molecule has 0 fully saturated rings. The van der Waals surface area contributed by atoms with Crippen molar-refractivity contribution in [2.45, 2.75) is 18.2 Å². The maximum atomic E-state index is 13.3. The number of rotatable bonds is 6. The van der Waals surface area contributed by atoms with E-state index < -0.39 is 15.8 Å². The summed E-state index contributed by atoms with van der Waals surface area (Å²) in [4.78, 5) is -0.0347. The first kappa shape index (κ1) is 16.5. The SMILES string of the molecule is COc1ccccc1CCNS(=O)(=O)c1cc(F)ccc1C. The number of hydrogen-bond donors (Lipinski definition) is 1. The molecule has 0 atom stereocenters. The van der Waals surface area contributed by atoms with Gasteiger partial charge in [0.2, 0.25) is 10.0 Å². The molecule has 0 aromatic heterocycles. The van der Waals surface area contributed by atoms with Crippen molar-refractivity contribution in [3.8, 4) is 5.75 Å². The molecule has 0 amide bonds. The highest BCUT2D eigenvalue weighted by atomic mass is 32.2. The monoisotopic (exact) mass is 323 g/mol. The maximum absolute atomic E-state index is 13.3. The molecule has 0 saturated carbocycles. The Labute approximate surface area is 130 Å². The normalized spacial score (nSPS) is 11.4. The molecule has 4 nitrogen and oxygen atoms in total. The van der Waals surface area contributed by atoms with Crippen LogP contribution in [0.1, 0.15) is 11.1 Å². The Bertz CT molecular complexity index is 760. The number of methoxy groups -OCH3 is 1. The Morgan fingerprint density at radius 2 is 1.91 bits per heavy atom. The Morgan fingerprint density at radius 1 is 1.18 bits per heavy atom. The average Bonchev–Trinajstić information content (AvgIpc) is 2.50. The summed E-state index contributed by atoms with van der Waals surface area (Å²) in [5.74, 6) is 0.138. The van der Waals surface area contributed by atoms with Gasteiger partial charge in [-0.1, -0.05) is 24.3 Å². The number of para-hydroxylation sites is 1. The van der Waals surface area contributed by atoms with Crippen molar-refractivity contribution >= 4 is 10.0 Å². The Balaban J connectivity index is 2.09. The van der Waals surface area contributed by atoms with Crippen molar-refractivity contribution in [1.82, 2.24) is 4.72 Å². The van der Waals surface area contributed by atoms with Gasteiger partial charge in [-0.25, -0.2) is 17.5 Å². The number of aryl methyl sites for hydroxylation is 1. The molecule has 0 radical (unpaired) electrons. The Hall–Kier alpha value is -1.92. The summed E-state index contributed by atoms with van der Waals surface area (Å²) in [5, 5.41) is 0. The molecule has 0 heterocycles. The fraction of sp³-hybridized carbons (Fsp3) is 0.250. The smallest absolute Gasteiger partial charge is 0.240 e. The molecule has 6 heteroatoms. The van der Waals surface area contributed by atoms with Crippen molar-refractivity contribution < 1.29 is 17.5 Å². The molecule has 0 unspecified atom stereocenters. The highest BCUT2D eigenvalue weighted by Crippen LogP contribution is 2.19. The van der Waals surface area contributed by atoms with Crippen LogP contribution in [0.15, 0.2) is 47.4 Å². The van der Waals surface area contributed by atoms with E-state index in [0.29, 0.717) is 17.7 Å². The summed E-state index contributed by atoms with van der Waals surface area (Å²) in [7, 11) is -2.17. The minimum Gasteiger partial charge on any atom is -0.496 e. The van der Waals surface area contributed by atoms with Gasteiger partial charge >= 0.3 is 0 Å². The van der Waals surface area contributed by atoms with Crippen LogP contribution in [0.4, 0.5) is 4.39 Å². The molecule has 2 aromatic carbocycles. The highest BCUT2D eigenvalue weighted by Gasteiger charge is 2.17. The van der Waals surface area contributed by atoms with Crippen molar-refractivity contribution in [1.29, 1.82) is 0 Å². The first-order valence-corrected chi connectivity index (χ1v) is 8.30.